The zero-order chi connectivity index (χ0) is 25.3. The van der Waals surface area contributed by atoms with Crippen LogP contribution in [-0.2, 0) is 16.7 Å². The van der Waals surface area contributed by atoms with Gasteiger partial charge in [-0.1, -0.05) is 17.7 Å². The number of rotatable bonds is 8. The summed E-state index contributed by atoms with van der Waals surface area (Å²) in [6, 6.07) is 15.5. The van der Waals surface area contributed by atoms with Crippen LogP contribution < -0.4 is 15.8 Å². The van der Waals surface area contributed by atoms with Crippen molar-refractivity contribution in [3.63, 3.8) is 0 Å². The number of aryl methyl sites for hydroxylation is 1. The number of fused-ring (bicyclic) bond motifs is 1. The summed E-state index contributed by atoms with van der Waals surface area (Å²) in [6.45, 7) is 2.64. The van der Waals surface area contributed by atoms with Crippen molar-refractivity contribution in [3.8, 4) is 5.75 Å². The number of hydrogen-bond donors (Lipinski definition) is 3. The SMILES string of the molecule is Cc1ccc(S(=O)(=O)O)cc1.NC/C(=C/F)COc1ccc2nc(NCc3ccncc3)oc2c1. The van der Waals surface area contributed by atoms with Gasteiger partial charge in [0.1, 0.15) is 17.9 Å². The minimum Gasteiger partial charge on any atom is -0.489 e. The number of halogens is 1. The largest absolute Gasteiger partial charge is 0.489 e. The number of nitrogens with zero attached hydrogens (tertiary/aromatic N) is 2. The molecule has 4 N–H and O–H groups in total. The first-order valence-electron chi connectivity index (χ1n) is 10.5. The molecular weight excluding hydrogens is 475 g/mol. The number of ether oxygens (including phenoxy) is 1. The molecule has 2 heterocycles. The van der Waals surface area contributed by atoms with E-state index < -0.39 is 10.1 Å². The fourth-order valence-electron chi connectivity index (χ4n) is 2.77. The van der Waals surface area contributed by atoms with Crippen LogP contribution in [0.2, 0.25) is 0 Å². The summed E-state index contributed by atoms with van der Waals surface area (Å²) in [6.07, 6.45) is 3.93. The Kier molecular flexibility index (Phi) is 8.90. The number of benzene rings is 2. The van der Waals surface area contributed by atoms with Gasteiger partial charge in [0.2, 0.25) is 0 Å². The first-order valence-corrected chi connectivity index (χ1v) is 11.9. The quantitative estimate of drug-likeness (QED) is 0.303. The summed E-state index contributed by atoms with van der Waals surface area (Å²) >= 11 is 0. The molecule has 0 bridgehead atoms. The molecule has 4 aromatic rings. The first kappa shape index (κ1) is 25.8. The number of aromatic nitrogens is 2. The van der Waals surface area contributed by atoms with Crippen molar-refractivity contribution in [3.05, 3.63) is 90.0 Å². The summed E-state index contributed by atoms with van der Waals surface area (Å²) in [4.78, 5) is 8.26. The Labute approximate surface area is 202 Å². The van der Waals surface area contributed by atoms with Crippen LogP contribution in [0.1, 0.15) is 11.1 Å². The molecule has 35 heavy (non-hydrogen) atoms. The van der Waals surface area contributed by atoms with Crippen LogP contribution >= 0.6 is 0 Å². The Hall–Kier alpha value is -3.80. The Morgan fingerprint density at radius 2 is 1.89 bits per heavy atom. The van der Waals surface area contributed by atoms with E-state index in [1.54, 1.807) is 42.7 Å². The maximum absolute atomic E-state index is 12.5. The van der Waals surface area contributed by atoms with Crippen molar-refractivity contribution in [1.82, 2.24) is 9.97 Å². The molecule has 2 aromatic heterocycles. The number of nitrogens with two attached hydrogens (primary N) is 1. The second-order valence-corrected chi connectivity index (χ2v) is 8.83. The van der Waals surface area contributed by atoms with Gasteiger partial charge in [-0.2, -0.15) is 13.4 Å². The second kappa shape index (κ2) is 12.1. The lowest BCUT2D eigenvalue weighted by Gasteiger charge is -2.06. The maximum atomic E-state index is 12.5. The zero-order valence-corrected chi connectivity index (χ0v) is 19.7. The number of oxazole rings is 1. The first-order chi connectivity index (χ1) is 16.8. The molecule has 0 fully saturated rings. The molecule has 184 valence electrons. The average Bonchev–Trinajstić information content (AvgIpc) is 3.26. The molecule has 11 heteroatoms. The van der Waals surface area contributed by atoms with Gasteiger partial charge in [-0.15, -0.1) is 0 Å². The van der Waals surface area contributed by atoms with Crippen LogP contribution in [0.4, 0.5) is 10.4 Å². The van der Waals surface area contributed by atoms with Gasteiger partial charge in [0, 0.05) is 37.1 Å². The number of nitrogens with one attached hydrogen (secondary N) is 1. The normalized spacial score (nSPS) is 11.6. The van der Waals surface area contributed by atoms with Crippen molar-refractivity contribution in [1.29, 1.82) is 0 Å². The predicted molar refractivity (Wildman–Crippen MR) is 130 cm³/mol. The molecule has 0 aliphatic heterocycles. The predicted octanol–water partition coefficient (Wildman–Crippen LogP) is 4.27. The van der Waals surface area contributed by atoms with Gasteiger partial charge in [-0.05, 0) is 48.9 Å². The van der Waals surface area contributed by atoms with E-state index in [0.717, 1.165) is 11.1 Å². The van der Waals surface area contributed by atoms with Crippen molar-refractivity contribution < 1.29 is 26.5 Å². The summed E-state index contributed by atoms with van der Waals surface area (Å²) in [7, 11) is -4.02. The van der Waals surface area contributed by atoms with E-state index in [2.05, 4.69) is 15.3 Å². The van der Waals surface area contributed by atoms with E-state index in [-0.39, 0.29) is 18.0 Å². The maximum Gasteiger partial charge on any atom is 0.295 e. The van der Waals surface area contributed by atoms with Gasteiger partial charge in [0.05, 0.1) is 11.2 Å². The van der Waals surface area contributed by atoms with Gasteiger partial charge >= 0.3 is 0 Å². The Balaban J connectivity index is 0.000000261. The van der Waals surface area contributed by atoms with Crippen molar-refractivity contribution >= 4 is 27.2 Å². The third-order valence-corrected chi connectivity index (χ3v) is 5.58. The molecule has 0 radical (unpaired) electrons. The van der Waals surface area contributed by atoms with E-state index >= 15 is 0 Å². The molecule has 0 atom stereocenters. The van der Waals surface area contributed by atoms with Gasteiger partial charge in [-0.3, -0.25) is 9.54 Å². The van der Waals surface area contributed by atoms with E-state index in [0.29, 0.717) is 41.3 Å². The lowest BCUT2D eigenvalue weighted by atomic mass is 10.2. The lowest BCUT2D eigenvalue weighted by molar-refractivity contribution is 0.347. The molecule has 4 rings (SSSR count). The molecule has 9 nitrogen and oxygen atoms in total. The third kappa shape index (κ3) is 7.88. The monoisotopic (exact) mass is 500 g/mol. The van der Waals surface area contributed by atoms with Gasteiger partial charge in [0.15, 0.2) is 5.58 Å². The minimum atomic E-state index is -4.02. The Morgan fingerprint density at radius 3 is 2.51 bits per heavy atom. The molecule has 0 aliphatic carbocycles. The summed E-state index contributed by atoms with van der Waals surface area (Å²) < 4.78 is 53.2. The molecule has 0 saturated heterocycles. The molecule has 0 aliphatic rings. The molecule has 2 aromatic carbocycles. The topological polar surface area (TPSA) is 141 Å². The highest BCUT2D eigenvalue weighted by Crippen LogP contribution is 2.24. The van der Waals surface area contributed by atoms with Crippen LogP contribution in [0.15, 0.2) is 88.2 Å². The van der Waals surface area contributed by atoms with Crippen LogP contribution in [0.3, 0.4) is 0 Å². The fraction of sp³-hybridized carbons (Fsp3) is 0.167. The van der Waals surface area contributed by atoms with E-state index in [9.17, 15) is 12.8 Å². The van der Waals surface area contributed by atoms with Crippen LogP contribution in [0.5, 0.6) is 5.75 Å². The standard InChI is InChI=1S/C17H17FN4O2.C7H8O3S/c18-8-13(9-19)11-23-14-1-2-15-16(7-14)24-17(22-15)21-10-12-3-5-20-6-4-12;1-6-2-4-7(5-3-6)11(8,9)10/h1-8H,9-11,19H2,(H,21,22);2-5H,1H3,(H,8,9,10)/b13-8-;. The average molecular weight is 501 g/mol. The Morgan fingerprint density at radius 1 is 1.17 bits per heavy atom. The van der Waals surface area contributed by atoms with E-state index in [1.165, 1.54) is 12.1 Å². The highest BCUT2D eigenvalue weighted by molar-refractivity contribution is 7.85. The molecule has 0 unspecified atom stereocenters. The fourth-order valence-corrected chi connectivity index (χ4v) is 3.25. The van der Waals surface area contributed by atoms with Gasteiger partial charge < -0.3 is 20.2 Å². The van der Waals surface area contributed by atoms with Crippen molar-refractivity contribution in [2.24, 2.45) is 5.73 Å². The van der Waals surface area contributed by atoms with E-state index in [4.69, 9.17) is 19.4 Å². The molecule has 0 spiro atoms. The highest BCUT2D eigenvalue weighted by atomic mass is 32.2. The Bertz CT molecular complexity index is 1370. The zero-order valence-electron chi connectivity index (χ0n) is 18.9. The summed E-state index contributed by atoms with van der Waals surface area (Å²) in [5.74, 6) is 0.562. The molecular formula is C24H25FN4O5S. The van der Waals surface area contributed by atoms with Crippen LogP contribution in [0.25, 0.3) is 11.1 Å². The molecule has 0 saturated carbocycles. The lowest BCUT2D eigenvalue weighted by Crippen LogP contribution is -2.10. The smallest absolute Gasteiger partial charge is 0.295 e. The summed E-state index contributed by atoms with van der Waals surface area (Å²) in [5.41, 5.74) is 9.10. The minimum absolute atomic E-state index is 0.0666. The number of hydrogen-bond acceptors (Lipinski definition) is 8. The van der Waals surface area contributed by atoms with Crippen molar-refractivity contribution in [2.45, 2.75) is 18.4 Å². The highest BCUT2D eigenvalue weighted by Gasteiger charge is 2.08. The van der Waals surface area contributed by atoms with E-state index in [1.807, 2.05) is 19.1 Å². The van der Waals surface area contributed by atoms with Crippen LogP contribution in [-0.4, -0.2) is 36.1 Å². The molecule has 0 amide bonds. The number of anilines is 1. The third-order valence-electron chi connectivity index (χ3n) is 4.71. The van der Waals surface area contributed by atoms with Crippen molar-refractivity contribution in [2.75, 3.05) is 18.5 Å². The van der Waals surface area contributed by atoms with Gasteiger partial charge in [-0.25, -0.2) is 4.39 Å². The summed E-state index contributed by atoms with van der Waals surface area (Å²) in [5, 5.41) is 3.12. The second-order valence-electron chi connectivity index (χ2n) is 7.41. The number of pyridine rings is 1. The van der Waals surface area contributed by atoms with Crippen LogP contribution in [0, 0.1) is 6.92 Å². The van der Waals surface area contributed by atoms with Gasteiger partial charge in [0.25, 0.3) is 16.1 Å².